The zero-order chi connectivity index (χ0) is 15.7. The summed E-state index contributed by atoms with van der Waals surface area (Å²) in [5.41, 5.74) is 6.87. The standard InChI is InChI=1S/C15H24N2O4/c1-4-20-10-11(2)21-8-7-15(18)17-14-6-5-12(19-3)9-13(14)16/h5-6,9,11H,4,7-8,10,16H2,1-3H3,(H,17,18). The maximum Gasteiger partial charge on any atom is 0.226 e. The SMILES string of the molecule is CCOCC(C)OCCC(=O)Nc1ccc(OC)cc1N. The number of nitrogen functional groups attached to an aromatic ring is 1. The molecule has 118 valence electrons. The van der Waals surface area contributed by atoms with Crippen molar-refractivity contribution in [3.8, 4) is 5.75 Å². The van der Waals surface area contributed by atoms with E-state index in [1.165, 1.54) is 0 Å². The molecule has 0 aromatic heterocycles. The Balaban J connectivity index is 2.33. The zero-order valence-electron chi connectivity index (χ0n) is 12.8. The van der Waals surface area contributed by atoms with Crippen LogP contribution in [0, 0.1) is 0 Å². The third kappa shape index (κ3) is 6.46. The summed E-state index contributed by atoms with van der Waals surface area (Å²) in [4.78, 5) is 11.8. The van der Waals surface area contributed by atoms with Crippen LogP contribution in [-0.4, -0.2) is 38.9 Å². The van der Waals surface area contributed by atoms with E-state index in [0.717, 1.165) is 0 Å². The van der Waals surface area contributed by atoms with Crippen molar-refractivity contribution in [2.45, 2.75) is 26.4 Å². The van der Waals surface area contributed by atoms with Crippen molar-refractivity contribution in [3.05, 3.63) is 18.2 Å². The third-order valence-electron chi connectivity index (χ3n) is 2.82. The maximum atomic E-state index is 11.8. The van der Waals surface area contributed by atoms with Gasteiger partial charge in [0.1, 0.15) is 5.75 Å². The highest BCUT2D eigenvalue weighted by Gasteiger charge is 2.08. The van der Waals surface area contributed by atoms with Crippen LogP contribution in [0.2, 0.25) is 0 Å². The first-order valence-electron chi connectivity index (χ1n) is 6.99. The molecule has 0 radical (unpaired) electrons. The number of carbonyl (C=O) groups excluding carboxylic acids is 1. The maximum absolute atomic E-state index is 11.8. The van der Waals surface area contributed by atoms with E-state index in [0.29, 0.717) is 36.9 Å². The molecule has 21 heavy (non-hydrogen) atoms. The summed E-state index contributed by atoms with van der Waals surface area (Å²) in [5, 5.41) is 2.75. The Hall–Kier alpha value is -1.79. The van der Waals surface area contributed by atoms with Crippen molar-refractivity contribution in [3.63, 3.8) is 0 Å². The lowest BCUT2D eigenvalue weighted by molar-refractivity contribution is -0.118. The Bertz CT molecular complexity index is 451. The van der Waals surface area contributed by atoms with E-state index in [-0.39, 0.29) is 18.4 Å². The van der Waals surface area contributed by atoms with Crippen LogP contribution in [0.4, 0.5) is 11.4 Å². The number of rotatable bonds is 9. The Morgan fingerprint density at radius 1 is 1.43 bits per heavy atom. The summed E-state index contributed by atoms with van der Waals surface area (Å²) in [7, 11) is 1.56. The molecule has 6 heteroatoms. The van der Waals surface area contributed by atoms with Crippen molar-refractivity contribution in [2.24, 2.45) is 0 Å². The molecule has 0 bridgehead atoms. The van der Waals surface area contributed by atoms with Crippen molar-refractivity contribution >= 4 is 17.3 Å². The lowest BCUT2D eigenvalue weighted by atomic mass is 10.2. The molecule has 1 amide bonds. The van der Waals surface area contributed by atoms with Crippen LogP contribution in [-0.2, 0) is 14.3 Å². The van der Waals surface area contributed by atoms with Crippen LogP contribution >= 0.6 is 0 Å². The summed E-state index contributed by atoms with van der Waals surface area (Å²) in [6, 6.07) is 5.12. The van der Waals surface area contributed by atoms with Crippen molar-refractivity contribution in [2.75, 3.05) is 38.0 Å². The summed E-state index contributed by atoms with van der Waals surface area (Å²) in [6.07, 6.45) is 0.242. The molecule has 6 nitrogen and oxygen atoms in total. The number of amides is 1. The number of ether oxygens (including phenoxy) is 3. The normalized spacial score (nSPS) is 12.0. The molecule has 1 atom stereocenters. The minimum absolute atomic E-state index is 0.0243. The Morgan fingerprint density at radius 2 is 2.19 bits per heavy atom. The van der Waals surface area contributed by atoms with E-state index in [2.05, 4.69) is 5.32 Å². The van der Waals surface area contributed by atoms with Gasteiger partial charge in [0.2, 0.25) is 5.91 Å². The van der Waals surface area contributed by atoms with Gasteiger partial charge >= 0.3 is 0 Å². The lowest BCUT2D eigenvalue weighted by Gasteiger charge is -2.13. The van der Waals surface area contributed by atoms with Gasteiger partial charge in [-0.1, -0.05) is 0 Å². The van der Waals surface area contributed by atoms with E-state index < -0.39 is 0 Å². The second-order valence-electron chi connectivity index (χ2n) is 4.59. The van der Waals surface area contributed by atoms with Gasteiger partial charge in [-0.2, -0.15) is 0 Å². The number of nitrogens with two attached hydrogens (primary N) is 1. The number of methoxy groups -OCH3 is 1. The number of nitrogens with one attached hydrogen (secondary N) is 1. The van der Waals surface area contributed by atoms with Crippen molar-refractivity contribution < 1.29 is 19.0 Å². The number of hydrogen-bond acceptors (Lipinski definition) is 5. The van der Waals surface area contributed by atoms with Gasteiger partial charge in [-0.15, -0.1) is 0 Å². The number of benzene rings is 1. The van der Waals surface area contributed by atoms with Gasteiger partial charge in [-0.3, -0.25) is 4.79 Å². The molecule has 0 spiro atoms. The van der Waals surface area contributed by atoms with E-state index >= 15 is 0 Å². The highest BCUT2D eigenvalue weighted by molar-refractivity contribution is 5.94. The zero-order valence-corrected chi connectivity index (χ0v) is 12.8. The molecular formula is C15H24N2O4. The fourth-order valence-corrected chi connectivity index (χ4v) is 1.68. The average molecular weight is 296 g/mol. The highest BCUT2D eigenvalue weighted by Crippen LogP contribution is 2.24. The first-order valence-corrected chi connectivity index (χ1v) is 6.99. The molecule has 1 rings (SSSR count). The number of anilines is 2. The predicted molar refractivity (Wildman–Crippen MR) is 82.6 cm³/mol. The number of carbonyl (C=O) groups is 1. The molecule has 0 aliphatic carbocycles. The van der Waals surface area contributed by atoms with E-state index in [1.807, 2.05) is 13.8 Å². The largest absolute Gasteiger partial charge is 0.497 e. The smallest absolute Gasteiger partial charge is 0.226 e. The fourth-order valence-electron chi connectivity index (χ4n) is 1.68. The molecule has 1 aromatic carbocycles. The van der Waals surface area contributed by atoms with Crippen LogP contribution in [0.15, 0.2) is 18.2 Å². The molecule has 1 aromatic rings. The molecule has 0 aliphatic rings. The van der Waals surface area contributed by atoms with Crippen molar-refractivity contribution in [1.29, 1.82) is 0 Å². The van der Waals surface area contributed by atoms with Gasteiger partial charge in [0.15, 0.2) is 0 Å². The van der Waals surface area contributed by atoms with E-state index in [9.17, 15) is 4.79 Å². The summed E-state index contributed by atoms with van der Waals surface area (Å²) in [5.74, 6) is 0.508. The van der Waals surface area contributed by atoms with Crippen LogP contribution in [0.5, 0.6) is 5.75 Å². The van der Waals surface area contributed by atoms with Gasteiger partial charge < -0.3 is 25.3 Å². The van der Waals surface area contributed by atoms with Crippen molar-refractivity contribution in [1.82, 2.24) is 0 Å². The van der Waals surface area contributed by atoms with E-state index in [4.69, 9.17) is 19.9 Å². The molecule has 0 fully saturated rings. The quantitative estimate of drug-likeness (QED) is 0.681. The lowest BCUT2D eigenvalue weighted by Crippen LogP contribution is -2.20. The summed E-state index contributed by atoms with van der Waals surface area (Å²) >= 11 is 0. The van der Waals surface area contributed by atoms with Crippen LogP contribution in [0.1, 0.15) is 20.3 Å². The van der Waals surface area contributed by atoms with Crippen LogP contribution in [0.3, 0.4) is 0 Å². The third-order valence-corrected chi connectivity index (χ3v) is 2.82. The van der Waals surface area contributed by atoms with Gasteiger partial charge in [-0.25, -0.2) is 0 Å². The minimum atomic E-state index is -0.143. The molecule has 0 saturated heterocycles. The number of hydrogen-bond donors (Lipinski definition) is 2. The Morgan fingerprint density at radius 3 is 2.81 bits per heavy atom. The highest BCUT2D eigenvalue weighted by atomic mass is 16.5. The van der Waals surface area contributed by atoms with Crippen LogP contribution < -0.4 is 15.8 Å². The topological polar surface area (TPSA) is 82.8 Å². The molecule has 0 heterocycles. The van der Waals surface area contributed by atoms with Gasteiger partial charge in [0.25, 0.3) is 0 Å². The van der Waals surface area contributed by atoms with Crippen LogP contribution in [0.25, 0.3) is 0 Å². The average Bonchev–Trinajstić information content (AvgIpc) is 2.47. The second kappa shape index (κ2) is 9.20. The molecular weight excluding hydrogens is 272 g/mol. The molecule has 0 saturated carbocycles. The predicted octanol–water partition coefficient (Wildman–Crippen LogP) is 2.05. The Kier molecular flexibility index (Phi) is 7.56. The van der Waals surface area contributed by atoms with Gasteiger partial charge in [0, 0.05) is 12.7 Å². The fraction of sp³-hybridized carbons (Fsp3) is 0.533. The van der Waals surface area contributed by atoms with Gasteiger partial charge in [0.05, 0.1) is 44.2 Å². The second-order valence-corrected chi connectivity index (χ2v) is 4.59. The summed E-state index contributed by atoms with van der Waals surface area (Å²) in [6.45, 7) is 5.37. The van der Waals surface area contributed by atoms with E-state index in [1.54, 1.807) is 25.3 Å². The minimum Gasteiger partial charge on any atom is -0.497 e. The van der Waals surface area contributed by atoms with Gasteiger partial charge in [-0.05, 0) is 26.0 Å². The molecule has 3 N–H and O–H groups in total. The molecule has 0 aliphatic heterocycles. The molecule has 1 unspecified atom stereocenters. The summed E-state index contributed by atoms with van der Waals surface area (Å²) < 4.78 is 15.8. The Labute approximate surface area is 125 Å². The monoisotopic (exact) mass is 296 g/mol. The first kappa shape index (κ1) is 17.3. The first-order chi connectivity index (χ1) is 10.1.